The van der Waals surface area contributed by atoms with Gasteiger partial charge in [-0.3, -0.25) is 0 Å². The highest BCUT2D eigenvalue weighted by Crippen LogP contribution is 2.31. The quantitative estimate of drug-likeness (QED) is 0.758. The summed E-state index contributed by atoms with van der Waals surface area (Å²) in [7, 11) is 1.24. The molecule has 0 heterocycles. The first-order chi connectivity index (χ1) is 9.01. The second kappa shape index (κ2) is 5.59. The summed E-state index contributed by atoms with van der Waals surface area (Å²) in [5.74, 6) is -1.16. The molecular weight excluding hydrogens is 290 g/mol. The molecule has 98 valence electrons. The normalized spacial score (nSPS) is 10.3. The van der Waals surface area contributed by atoms with Crippen molar-refractivity contribution < 1.29 is 13.9 Å². The molecule has 0 unspecified atom stereocenters. The maximum atomic E-state index is 13.6. The number of hydrogen-bond donors (Lipinski definition) is 0. The Labute approximate surface area is 119 Å². The third-order valence-corrected chi connectivity index (χ3v) is 3.12. The zero-order valence-electron chi connectivity index (χ0n) is 9.91. The Morgan fingerprint density at radius 2 is 1.89 bits per heavy atom. The van der Waals surface area contributed by atoms with Gasteiger partial charge in [-0.15, -0.1) is 0 Å². The van der Waals surface area contributed by atoms with Gasteiger partial charge in [0, 0.05) is 15.6 Å². The van der Waals surface area contributed by atoms with E-state index in [2.05, 4.69) is 4.74 Å². The summed E-state index contributed by atoms with van der Waals surface area (Å²) in [5.41, 5.74) is 1.14. The van der Waals surface area contributed by atoms with Gasteiger partial charge in [0.25, 0.3) is 0 Å². The number of ether oxygens (including phenoxy) is 1. The SMILES string of the molecule is COC(=O)c1cc(F)cc(-c2cc(Cl)ccc2Cl)c1. The highest BCUT2D eigenvalue weighted by Gasteiger charge is 2.12. The molecule has 0 fully saturated rings. The molecule has 2 rings (SSSR count). The highest BCUT2D eigenvalue weighted by molar-refractivity contribution is 6.35. The molecule has 2 aromatic rings. The van der Waals surface area contributed by atoms with E-state index in [0.29, 0.717) is 21.2 Å². The van der Waals surface area contributed by atoms with Gasteiger partial charge in [-0.25, -0.2) is 9.18 Å². The first-order valence-corrected chi connectivity index (χ1v) is 6.11. The van der Waals surface area contributed by atoms with E-state index in [1.165, 1.54) is 19.2 Å². The molecule has 0 spiro atoms. The third kappa shape index (κ3) is 3.06. The van der Waals surface area contributed by atoms with Gasteiger partial charge in [-0.2, -0.15) is 0 Å². The van der Waals surface area contributed by atoms with Crippen LogP contribution in [-0.4, -0.2) is 13.1 Å². The summed E-state index contributed by atoms with van der Waals surface area (Å²) >= 11 is 11.9. The number of rotatable bonds is 2. The van der Waals surface area contributed by atoms with Crippen molar-refractivity contribution in [3.8, 4) is 11.1 Å². The summed E-state index contributed by atoms with van der Waals surface area (Å²) in [4.78, 5) is 11.5. The van der Waals surface area contributed by atoms with Gasteiger partial charge in [0.2, 0.25) is 0 Å². The van der Waals surface area contributed by atoms with Crippen LogP contribution < -0.4 is 0 Å². The topological polar surface area (TPSA) is 26.3 Å². The van der Waals surface area contributed by atoms with E-state index >= 15 is 0 Å². The van der Waals surface area contributed by atoms with E-state index < -0.39 is 11.8 Å². The van der Waals surface area contributed by atoms with Gasteiger partial charge in [0.1, 0.15) is 5.82 Å². The fourth-order valence-electron chi connectivity index (χ4n) is 1.70. The van der Waals surface area contributed by atoms with Crippen molar-refractivity contribution in [2.24, 2.45) is 0 Å². The van der Waals surface area contributed by atoms with Crippen LogP contribution in [0.15, 0.2) is 36.4 Å². The molecule has 0 saturated carbocycles. The lowest BCUT2D eigenvalue weighted by Gasteiger charge is -2.07. The zero-order chi connectivity index (χ0) is 14.0. The fraction of sp³-hybridized carbons (Fsp3) is 0.0714. The van der Waals surface area contributed by atoms with Gasteiger partial charge >= 0.3 is 5.97 Å². The standard InChI is InChI=1S/C14H9Cl2FO2/c1-19-14(18)9-4-8(5-11(17)6-9)12-7-10(15)2-3-13(12)16/h2-7H,1H3. The maximum Gasteiger partial charge on any atom is 0.337 e. The first-order valence-electron chi connectivity index (χ1n) is 5.35. The molecule has 5 heteroatoms. The van der Waals surface area contributed by atoms with Gasteiger partial charge in [-0.1, -0.05) is 23.2 Å². The molecule has 0 saturated heterocycles. The van der Waals surface area contributed by atoms with E-state index in [-0.39, 0.29) is 5.56 Å². The van der Waals surface area contributed by atoms with Gasteiger partial charge in [-0.05, 0) is 42.0 Å². The summed E-state index contributed by atoms with van der Waals surface area (Å²) in [6.45, 7) is 0. The lowest BCUT2D eigenvalue weighted by atomic mass is 10.0. The lowest BCUT2D eigenvalue weighted by molar-refractivity contribution is 0.0600. The Bertz CT molecular complexity index is 641. The van der Waals surface area contributed by atoms with Crippen molar-refractivity contribution in [2.45, 2.75) is 0 Å². The zero-order valence-corrected chi connectivity index (χ0v) is 11.4. The highest BCUT2D eigenvalue weighted by atomic mass is 35.5. The van der Waals surface area contributed by atoms with Crippen LogP contribution >= 0.6 is 23.2 Å². The van der Waals surface area contributed by atoms with Crippen LogP contribution in [-0.2, 0) is 4.74 Å². The number of halogens is 3. The van der Waals surface area contributed by atoms with E-state index in [0.717, 1.165) is 6.07 Å². The van der Waals surface area contributed by atoms with Crippen LogP contribution in [0, 0.1) is 5.82 Å². The summed E-state index contributed by atoms with van der Waals surface area (Å²) in [6.07, 6.45) is 0. The Kier molecular flexibility index (Phi) is 4.08. The molecule has 0 aliphatic rings. The average Bonchev–Trinajstić information content (AvgIpc) is 2.39. The molecule has 0 aliphatic carbocycles. The molecule has 0 atom stereocenters. The van der Waals surface area contributed by atoms with Crippen molar-refractivity contribution in [1.29, 1.82) is 0 Å². The molecule has 2 aromatic carbocycles. The van der Waals surface area contributed by atoms with Gasteiger partial charge in [0.05, 0.1) is 12.7 Å². The fourth-order valence-corrected chi connectivity index (χ4v) is 2.10. The Morgan fingerprint density at radius 1 is 1.16 bits per heavy atom. The third-order valence-electron chi connectivity index (χ3n) is 2.56. The summed E-state index contributed by atoms with van der Waals surface area (Å²) in [6, 6.07) is 8.75. The maximum absolute atomic E-state index is 13.6. The Balaban J connectivity index is 2.59. The van der Waals surface area contributed by atoms with E-state index in [9.17, 15) is 9.18 Å². The number of hydrogen-bond acceptors (Lipinski definition) is 2. The summed E-state index contributed by atoms with van der Waals surface area (Å²) < 4.78 is 18.1. The summed E-state index contributed by atoms with van der Waals surface area (Å²) in [5, 5.41) is 0.897. The van der Waals surface area contributed by atoms with E-state index in [4.69, 9.17) is 23.2 Å². The average molecular weight is 299 g/mol. The number of esters is 1. The molecule has 0 aliphatic heterocycles. The Morgan fingerprint density at radius 3 is 2.58 bits per heavy atom. The van der Waals surface area contributed by atoms with Crippen LogP contribution in [0.3, 0.4) is 0 Å². The van der Waals surface area contributed by atoms with Crippen LogP contribution in [0.4, 0.5) is 4.39 Å². The molecule has 0 bridgehead atoms. The monoisotopic (exact) mass is 298 g/mol. The minimum Gasteiger partial charge on any atom is -0.465 e. The second-order valence-electron chi connectivity index (χ2n) is 3.84. The Hall–Kier alpha value is -1.58. The van der Waals surface area contributed by atoms with Crippen molar-refractivity contribution in [2.75, 3.05) is 7.11 Å². The molecule has 0 amide bonds. The molecule has 2 nitrogen and oxygen atoms in total. The second-order valence-corrected chi connectivity index (χ2v) is 4.69. The molecule has 0 aromatic heterocycles. The van der Waals surface area contributed by atoms with Crippen LogP contribution in [0.1, 0.15) is 10.4 Å². The number of carbonyl (C=O) groups is 1. The van der Waals surface area contributed by atoms with E-state index in [1.807, 2.05) is 0 Å². The van der Waals surface area contributed by atoms with E-state index in [1.54, 1.807) is 18.2 Å². The molecule has 0 radical (unpaired) electrons. The van der Waals surface area contributed by atoms with Crippen molar-refractivity contribution in [1.82, 2.24) is 0 Å². The number of benzene rings is 2. The van der Waals surface area contributed by atoms with Gasteiger partial charge in [0.15, 0.2) is 0 Å². The largest absolute Gasteiger partial charge is 0.465 e. The molecular formula is C14H9Cl2FO2. The smallest absolute Gasteiger partial charge is 0.337 e. The number of methoxy groups -OCH3 is 1. The predicted octanol–water partition coefficient (Wildman–Crippen LogP) is 4.59. The van der Waals surface area contributed by atoms with Crippen LogP contribution in [0.25, 0.3) is 11.1 Å². The van der Waals surface area contributed by atoms with Crippen molar-refractivity contribution >= 4 is 29.2 Å². The van der Waals surface area contributed by atoms with Crippen LogP contribution in [0.2, 0.25) is 10.0 Å². The van der Waals surface area contributed by atoms with Crippen LogP contribution in [0.5, 0.6) is 0 Å². The molecule has 19 heavy (non-hydrogen) atoms. The molecule has 0 N–H and O–H groups in total. The predicted molar refractivity (Wildman–Crippen MR) is 73.2 cm³/mol. The number of carbonyl (C=O) groups excluding carboxylic acids is 1. The minimum atomic E-state index is -0.612. The minimum absolute atomic E-state index is 0.119. The first kappa shape index (κ1) is 13.8. The van der Waals surface area contributed by atoms with Crippen molar-refractivity contribution in [3.63, 3.8) is 0 Å². The van der Waals surface area contributed by atoms with Crippen molar-refractivity contribution in [3.05, 3.63) is 57.8 Å². The lowest BCUT2D eigenvalue weighted by Crippen LogP contribution is -2.02. The van der Waals surface area contributed by atoms with Gasteiger partial charge < -0.3 is 4.74 Å².